The van der Waals surface area contributed by atoms with E-state index in [-0.39, 0.29) is 11.9 Å². The molecule has 1 unspecified atom stereocenters. The summed E-state index contributed by atoms with van der Waals surface area (Å²) in [5, 5.41) is 5.65. The van der Waals surface area contributed by atoms with Crippen molar-refractivity contribution in [3.63, 3.8) is 0 Å². The van der Waals surface area contributed by atoms with E-state index in [0.717, 1.165) is 11.8 Å². The number of benzene rings is 2. The summed E-state index contributed by atoms with van der Waals surface area (Å²) in [4.78, 5) is 26.8. The fourth-order valence-corrected chi connectivity index (χ4v) is 3.82. The van der Waals surface area contributed by atoms with Crippen molar-refractivity contribution in [2.24, 2.45) is 0 Å². The molecule has 4 heterocycles. The van der Waals surface area contributed by atoms with Crippen molar-refractivity contribution < 1.29 is 22.8 Å². The lowest BCUT2D eigenvalue weighted by atomic mass is 10.0. The molecule has 8 bridgehead atoms. The van der Waals surface area contributed by atoms with Gasteiger partial charge in [0.2, 0.25) is 5.95 Å². The Balaban J connectivity index is 1.72. The fraction of sp³-hybridized carbons (Fsp3) is 0.190. The molecule has 10 heteroatoms. The van der Waals surface area contributed by atoms with Crippen LogP contribution in [0.15, 0.2) is 48.7 Å². The van der Waals surface area contributed by atoms with Crippen LogP contribution < -0.4 is 20.1 Å². The molecule has 3 aromatic rings. The minimum atomic E-state index is -4.64. The average Bonchev–Trinajstić information content (AvgIpc) is 2.70. The Hall–Kier alpha value is -3.66. The molecule has 3 aliphatic heterocycles. The molecule has 0 saturated carbocycles. The van der Waals surface area contributed by atoms with Gasteiger partial charge in [-0.15, -0.1) is 0 Å². The molecule has 0 saturated heterocycles. The third kappa shape index (κ3) is 3.34. The number of quaternary nitrogens is 1. The van der Waals surface area contributed by atoms with Gasteiger partial charge in [0.1, 0.15) is 18.4 Å². The summed E-state index contributed by atoms with van der Waals surface area (Å²) in [5.74, 6) is -0.164. The topological polar surface area (TPSA) is 76.1 Å². The third-order valence-corrected chi connectivity index (χ3v) is 5.36. The van der Waals surface area contributed by atoms with E-state index in [4.69, 9.17) is 4.84 Å². The largest absolute Gasteiger partial charge is 0.421 e. The molecule has 2 N–H and O–H groups in total. The number of amides is 1. The molecule has 158 valence electrons. The number of nitrogens with one attached hydrogen (secondary N) is 2. The standard InChI is InChI=1S/C21H17F3N5O2/c1-29-17-7-6-14(9-12(17)5-8-18(29)30)27-20-25-11-16(21(22,23)24)19(28-20)26-13-3-2-4-15(10-13)31-29/h2-4,6-7,9-11H,5,8H2,1H3,(H2,25,26,27,28)/q+1. The van der Waals surface area contributed by atoms with E-state index in [1.165, 1.54) is 6.07 Å². The van der Waals surface area contributed by atoms with E-state index in [1.54, 1.807) is 37.4 Å². The average molecular weight is 428 g/mol. The lowest BCUT2D eigenvalue weighted by Gasteiger charge is -2.33. The predicted octanol–water partition coefficient (Wildman–Crippen LogP) is 4.70. The van der Waals surface area contributed by atoms with Crippen LogP contribution in [0.25, 0.3) is 0 Å². The molecule has 0 spiro atoms. The number of rotatable bonds is 0. The summed E-state index contributed by atoms with van der Waals surface area (Å²) in [7, 11) is 1.66. The van der Waals surface area contributed by atoms with Crippen LogP contribution in [0.4, 0.5) is 42.0 Å². The quantitative estimate of drug-likeness (QED) is 0.506. The Labute approximate surface area is 175 Å². The van der Waals surface area contributed by atoms with Crippen molar-refractivity contribution in [2.75, 3.05) is 17.7 Å². The molecule has 0 radical (unpaired) electrons. The molecular formula is C21H17F3N5O2+. The molecule has 7 nitrogen and oxygen atoms in total. The summed E-state index contributed by atoms with van der Waals surface area (Å²) in [6.45, 7) is 0. The number of halogens is 3. The van der Waals surface area contributed by atoms with Crippen LogP contribution >= 0.6 is 0 Å². The molecule has 31 heavy (non-hydrogen) atoms. The minimum absolute atomic E-state index is 0.0176. The van der Waals surface area contributed by atoms with E-state index in [1.807, 2.05) is 6.07 Å². The summed E-state index contributed by atoms with van der Waals surface area (Å²) in [6, 6.07) is 11.7. The number of carbonyl (C=O) groups excluding carboxylic acids is 1. The molecule has 1 amide bonds. The van der Waals surface area contributed by atoms with E-state index in [2.05, 4.69) is 20.6 Å². The smallest absolute Gasteiger partial charge is 0.339 e. The normalized spacial score (nSPS) is 19.7. The molecule has 0 aliphatic carbocycles. The van der Waals surface area contributed by atoms with Crippen molar-refractivity contribution in [1.82, 2.24) is 14.6 Å². The van der Waals surface area contributed by atoms with Gasteiger partial charge in [-0.3, -0.25) is 0 Å². The van der Waals surface area contributed by atoms with Gasteiger partial charge in [0, 0.05) is 35.3 Å². The van der Waals surface area contributed by atoms with Gasteiger partial charge in [-0.05, 0) is 35.3 Å². The zero-order valence-electron chi connectivity index (χ0n) is 16.3. The van der Waals surface area contributed by atoms with Crippen LogP contribution in [0.5, 0.6) is 5.75 Å². The van der Waals surface area contributed by atoms with Crippen molar-refractivity contribution in [2.45, 2.75) is 19.0 Å². The highest BCUT2D eigenvalue weighted by Crippen LogP contribution is 2.39. The van der Waals surface area contributed by atoms with Crippen LogP contribution in [0.3, 0.4) is 0 Å². The number of hydroxylamine groups is 2. The second-order valence-corrected chi connectivity index (χ2v) is 7.48. The monoisotopic (exact) mass is 428 g/mol. The maximum absolute atomic E-state index is 13.5. The third-order valence-electron chi connectivity index (χ3n) is 5.36. The summed E-state index contributed by atoms with van der Waals surface area (Å²) >= 11 is 0. The first-order chi connectivity index (χ1) is 14.7. The van der Waals surface area contributed by atoms with Crippen LogP contribution in [-0.2, 0) is 17.4 Å². The number of alkyl halides is 3. The maximum atomic E-state index is 13.5. The first-order valence-electron chi connectivity index (χ1n) is 9.54. The summed E-state index contributed by atoms with van der Waals surface area (Å²) in [5.41, 5.74) is 1.53. The summed E-state index contributed by atoms with van der Waals surface area (Å²) < 4.78 is 40.1. The highest BCUT2D eigenvalue weighted by Gasteiger charge is 2.44. The van der Waals surface area contributed by atoms with Gasteiger partial charge in [-0.2, -0.15) is 18.2 Å². The number of hydrogen-bond acceptors (Lipinski definition) is 6. The van der Waals surface area contributed by atoms with Crippen LogP contribution in [0.2, 0.25) is 0 Å². The van der Waals surface area contributed by atoms with Crippen molar-refractivity contribution in [1.29, 1.82) is 0 Å². The first-order valence-corrected chi connectivity index (χ1v) is 9.54. The van der Waals surface area contributed by atoms with Crippen molar-refractivity contribution in [3.05, 3.63) is 59.8 Å². The van der Waals surface area contributed by atoms with Gasteiger partial charge < -0.3 is 15.5 Å². The molecule has 0 fully saturated rings. The van der Waals surface area contributed by atoms with Crippen molar-refractivity contribution >= 4 is 34.7 Å². The Bertz CT molecular complexity index is 1210. The fourth-order valence-electron chi connectivity index (χ4n) is 3.82. The molecular weight excluding hydrogens is 411 g/mol. The number of hydrogen-bond donors (Lipinski definition) is 2. The SMILES string of the molecule is C[N+]12Oc3cccc(c3)Nc3nc(ncc3C(F)(F)F)Nc3ccc1c(c3)CCC2=O. The Kier molecular flexibility index (Phi) is 4.16. The Morgan fingerprint density at radius 3 is 2.68 bits per heavy atom. The van der Waals surface area contributed by atoms with Crippen LogP contribution in [-0.4, -0.2) is 22.9 Å². The van der Waals surface area contributed by atoms with Gasteiger partial charge in [0.25, 0.3) is 0 Å². The van der Waals surface area contributed by atoms with Crippen LogP contribution in [0.1, 0.15) is 17.5 Å². The van der Waals surface area contributed by atoms with E-state index >= 15 is 0 Å². The number of anilines is 4. The molecule has 1 aromatic heterocycles. The van der Waals surface area contributed by atoms with Crippen LogP contribution in [0, 0.1) is 0 Å². The number of nitrogens with zero attached hydrogens (tertiary/aromatic N) is 3. The maximum Gasteiger partial charge on any atom is 0.421 e. The minimum Gasteiger partial charge on any atom is -0.339 e. The van der Waals surface area contributed by atoms with Crippen molar-refractivity contribution in [3.8, 4) is 5.75 Å². The number of carbonyl (C=O) groups is 1. The van der Waals surface area contributed by atoms with Gasteiger partial charge in [0.05, 0.1) is 6.42 Å². The lowest BCUT2D eigenvalue weighted by Crippen LogP contribution is -2.55. The Morgan fingerprint density at radius 1 is 1.06 bits per heavy atom. The number of fused-ring (bicyclic) bond motifs is 1. The number of aryl methyl sites for hydroxylation is 1. The molecule has 6 rings (SSSR count). The summed E-state index contributed by atoms with van der Waals surface area (Å²) in [6.07, 6.45) is -3.07. The zero-order chi connectivity index (χ0) is 21.8. The van der Waals surface area contributed by atoms with E-state index < -0.39 is 22.2 Å². The van der Waals surface area contributed by atoms with Gasteiger partial charge in [-0.1, -0.05) is 6.07 Å². The lowest BCUT2D eigenvalue weighted by molar-refractivity contribution is -0.151. The van der Waals surface area contributed by atoms with Gasteiger partial charge in [-0.25, -0.2) is 9.78 Å². The second-order valence-electron chi connectivity index (χ2n) is 7.48. The Morgan fingerprint density at radius 2 is 1.87 bits per heavy atom. The molecule has 2 aromatic carbocycles. The molecule has 1 atom stereocenters. The highest BCUT2D eigenvalue weighted by molar-refractivity contribution is 5.90. The predicted molar refractivity (Wildman–Crippen MR) is 108 cm³/mol. The molecule has 3 aliphatic rings. The zero-order valence-corrected chi connectivity index (χ0v) is 16.3. The van der Waals surface area contributed by atoms with E-state index in [0.29, 0.717) is 35.7 Å². The van der Waals surface area contributed by atoms with Gasteiger partial charge >= 0.3 is 12.1 Å². The second kappa shape index (κ2) is 6.67. The highest BCUT2D eigenvalue weighted by atomic mass is 19.4. The first kappa shape index (κ1) is 19.3. The number of aromatic nitrogens is 2. The van der Waals surface area contributed by atoms with E-state index in [9.17, 15) is 18.0 Å². The van der Waals surface area contributed by atoms with Gasteiger partial charge in [0.15, 0.2) is 11.4 Å².